The van der Waals surface area contributed by atoms with Gasteiger partial charge in [-0.15, -0.1) is 0 Å². The van der Waals surface area contributed by atoms with Gasteiger partial charge in [0, 0.05) is 12.3 Å². The molecule has 0 bridgehead atoms. The van der Waals surface area contributed by atoms with E-state index in [9.17, 15) is 4.79 Å². The highest BCUT2D eigenvalue weighted by Gasteiger charge is 1.97. The number of carboxylic acids is 1. The van der Waals surface area contributed by atoms with Crippen molar-refractivity contribution < 1.29 is 9.90 Å². The van der Waals surface area contributed by atoms with Gasteiger partial charge in [0.1, 0.15) is 6.07 Å². The maximum absolute atomic E-state index is 10.2. The Hall–Kier alpha value is -2.15. The van der Waals surface area contributed by atoms with Crippen LogP contribution >= 0.6 is 0 Å². The average molecular weight is 174 g/mol. The van der Waals surface area contributed by atoms with Crippen LogP contribution in [0.5, 0.6) is 0 Å². The first-order valence-corrected chi connectivity index (χ1v) is 3.50. The Morgan fingerprint density at radius 2 is 2.46 bits per heavy atom. The minimum atomic E-state index is -1.06. The van der Waals surface area contributed by atoms with Crippen molar-refractivity contribution in [3.63, 3.8) is 0 Å². The minimum Gasteiger partial charge on any atom is -0.478 e. The number of aromatic nitrogens is 1. The fourth-order valence-corrected chi connectivity index (χ4v) is 0.795. The lowest BCUT2D eigenvalue weighted by Gasteiger charge is -1.93. The number of hydrogen-bond donors (Lipinski definition) is 1. The van der Waals surface area contributed by atoms with E-state index in [1.807, 2.05) is 6.07 Å². The van der Waals surface area contributed by atoms with E-state index in [-0.39, 0.29) is 0 Å². The maximum Gasteiger partial charge on any atom is 0.328 e. The zero-order chi connectivity index (χ0) is 9.68. The van der Waals surface area contributed by atoms with E-state index in [0.717, 1.165) is 6.08 Å². The third-order valence-electron chi connectivity index (χ3n) is 1.34. The molecule has 0 unspecified atom stereocenters. The number of carboxylic acid groups (broad SMARTS) is 1. The zero-order valence-electron chi connectivity index (χ0n) is 6.64. The SMILES string of the molecule is N#Cc1cccnc1C=CC(=O)O. The Balaban J connectivity index is 3.02. The first-order chi connectivity index (χ1) is 6.24. The number of nitrogens with zero attached hydrogens (tertiary/aromatic N) is 2. The molecule has 0 saturated carbocycles. The van der Waals surface area contributed by atoms with Gasteiger partial charge < -0.3 is 5.11 Å². The van der Waals surface area contributed by atoms with Crippen LogP contribution in [0, 0.1) is 11.3 Å². The smallest absolute Gasteiger partial charge is 0.328 e. The van der Waals surface area contributed by atoms with Gasteiger partial charge in [-0.1, -0.05) is 0 Å². The lowest BCUT2D eigenvalue weighted by atomic mass is 10.2. The summed E-state index contributed by atoms with van der Waals surface area (Å²) in [6, 6.07) is 5.11. The molecule has 0 aliphatic carbocycles. The molecule has 1 heterocycles. The summed E-state index contributed by atoms with van der Waals surface area (Å²) in [5.74, 6) is -1.06. The van der Waals surface area contributed by atoms with Crippen molar-refractivity contribution in [2.45, 2.75) is 0 Å². The summed E-state index contributed by atoms with van der Waals surface area (Å²) in [5, 5.41) is 17.0. The van der Waals surface area contributed by atoms with Gasteiger partial charge in [-0.2, -0.15) is 5.26 Å². The molecule has 1 aromatic heterocycles. The van der Waals surface area contributed by atoms with Crippen LogP contribution in [0.1, 0.15) is 11.3 Å². The normalized spacial score (nSPS) is 9.77. The van der Waals surface area contributed by atoms with Crippen LogP contribution in [-0.4, -0.2) is 16.1 Å². The monoisotopic (exact) mass is 174 g/mol. The zero-order valence-corrected chi connectivity index (χ0v) is 6.64. The molecule has 0 saturated heterocycles. The molecule has 0 aromatic carbocycles. The summed E-state index contributed by atoms with van der Waals surface area (Å²) in [7, 11) is 0. The molecule has 64 valence electrons. The van der Waals surface area contributed by atoms with Gasteiger partial charge in [-0.05, 0) is 18.2 Å². The standard InChI is InChI=1S/C9H6N2O2/c10-6-7-2-1-5-11-8(7)3-4-9(12)13/h1-5H,(H,12,13). The molecule has 4 heteroatoms. The predicted octanol–water partition coefficient (Wildman–Crippen LogP) is 1.05. The number of hydrogen-bond acceptors (Lipinski definition) is 3. The molecule has 1 rings (SSSR count). The van der Waals surface area contributed by atoms with Gasteiger partial charge in [0.05, 0.1) is 11.3 Å². The van der Waals surface area contributed by atoms with Gasteiger partial charge in [-0.25, -0.2) is 4.79 Å². The van der Waals surface area contributed by atoms with Crippen LogP contribution in [0.25, 0.3) is 6.08 Å². The van der Waals surface area contributed by atoms with Crippen molar-refractivity contribution in [2.75, 3.05) is 0 Å². The molecule has 0 aliphatic rings. The molecule has 0 amide bonds. The van der Waals surface area contributed by atoms with Crippen LogP contribution in [0.4, 0.5) is 0 Å². The van der Waals surface area contributed by atoms with Crippen LogP contribution in [0.15, 0.2) is 24.4 Å². The summed E-state index contributed by atoms with van der Waals surface area (Å²) in [6.07, 6.45) is 3.74. The van der Waals surface area contributed by atoms with Crippen LogP contribution in [0.3, 0.4) is 0 Å². The molecular formula is C9H6N2O2. The summed E-state index contributed by atoms with van der Waals surface area (Å²) in [4.78, 5) is 14.0. The Labute approximate surface area is 74.8 Å². The van der Waals surface area contributed by atoms with Crippen molar-refractivity contribution in [3.8, 4) is 6.07 Å². The number of carbonyl (C=O) groups is 1. The molecule has 0 atom stereocenters. The Bertz CT molecular complexity index is 391. The van der Waals surface area contributed by atoms with E-state index in [2.05, 4.69) is 4.98 Å². The van der Waals surface area contributed by atoms with Crippen molar-refractivity contribution in [3.05, 3.63) is 35.7 Å². The molecule has 4 nitrogen and oxygen atoms in total. The largest absolute Gasteiger partial charge is 0.478 e. The van der Waals surface area contributed by atoms with Crippen LogP contribution < -0.4 is 0 Å². The predicted molar refractivity (Wildman–Crippen MR) is 45.6 cm³/mol. The molecule has 0 radical (unpaired) electrons. The van der Waals surface area contributed by atoms with Gasteiger partial charge in [0.2, 0.25) is 0 Å². The van der Waals surface area contributed by atoms with Crippen LogP contribution in [0.2, 0.25) is 0 Å². The molecule has 1 aromatic rings. The highest BCUT2D eigenvalue weighted by molar-refractivity contribution is 5.85. The van der Waals surface area contributed by atoms with E-state index in [4.69, 9.17) is 10.4 Å². The highest BCUT2D eigenvalue weighted by Crippen LogP contribution is 2.04. The summed E-state index contributed by atoms with van der Waals surface area (Å²) >= 11 is 0. The second-order valence-corrected chi connectivity index (χ2v) is 2.22. The molecule has 0 spiro atoms. The van der Waals surface area contributed by atoms with Gasteiger partial charge in [-0.3, -0.25) is 4.98 Å². The number of pyridine rings is 1. The van der Waals surface area contributed by atoms with Crippen molar-refractivity contribution >= 4 is 12.0 Å². The van der Waals surface area contributed by atoms with E-state index < -0.39 is 5.97 Å². The first kappa shape index (κ1) is 8.94. The van der Waals surface area contributed by atoms with Crippen LogP contribution in [-0.2, 0) is 4.79 Å². The van der Waals surface area contributed by atoms with Crippen molar-refractivity contribution in [1.29, 1.82) is 5.26 Å². The fraction of sp³-hybridized carbons (Fsp3) is 0. The number of aliphatic carboxylic acids is 1. The summed E-state index contributed by atoms with van der Waals surface area (Å²) in [6.45, 7) is 0. The Kier molecular flexibility index (Phi) is 2.77. The molecule has 0 fully saturated rings. The van der Waals surface area contributed by atoms with Crippen molar-refractivity contribution in [2.24, 2.45) is 0 Å². The second-order valence-electron chi connectivity index (χ2n) is 2.22. The van der Waals surface area contributed by atoms with Crippen molar-refractivity contribution in [1.82, 2.24) is 4.98 Å². The Morgan fingerprint density at radius 1 is 1.69 bits per heavy atom. The topological polar surface area (TPSA) is 74.0 Å². The van der Waals surface area contributed by atoms with E-state index in [0.29, 0.717) is 11.3 Å². The van der Waals surface area contributed by atoms with E-state index in [1.54, 1.807) is 12.1 Å². The second kappa shape index (κ2) is 4.02. The van der Waals surface area contributed by atoms with E-state index >= 15 is 0 Å². The lowest BCUT2D eigenvalue weighted by molar-refractivity contribution is -0.131. The average Bonchev–Trinajstić information content (AvgIpc) is 2.15. The maximum atomic E-state index is 10.2. The summed E-state index contributed by atoms with van der Waals surface area (Å²) < 4.78 is 0. The highest BCUT2D eigenvalue weighted by atomic mass is 16.4. The minimum absolute atomic E-state index is 0.361. The third-order valence-corrected chi connectivity index (χ3v) is 1.34. The molecular weight excluding hydrogens is 168 g/mol. The quantitative estimate of drug-likeness (QED) is 0.680. The molecule has 13 heavy (non-hydrogen) atoms. The first-order valence-electron chi connectivity index (χ1n) is 3.50. The molecule has 0 aliphatic heterocycles. The van der Waals surface area contributed by atoms with Gasteiger partial charge in [0.15, 0.2) is 0 Å². The third kappa shape index (κ3) is 2.42. The Morgan fingerprint density at radius 3 is 3.08 bits per heavy atom. The van der Waals surface area contributed by atoms with E-state index in [1.165, 1.54) is 12.3 Å². The summed E-state index contributed by atoms with van der Waals surface area (Å²) in [5.41, 5.74) is 0.729. The molecule has 1 N–H and O–H groups in total. The fourth-order valence-electron chi connectivity index (χ4n) is 0.795. The van der Waals surface area contributed by atoms with Gasteiger partial charge >= 0.3 is 5.97 Å². The lowest BCUT2D eigenvalue weighted by Crippen LogP contribution is -1.89. The van der Waals surface area contributed by atoms with Gasteiger partial charge in [0.25, 0.3) is 0 Å². The number of nitriles is 1. The number of rotatable bonds is 2.